The van der Waals surface area contributed by atoms with Crippen LogP contribution in [0.3, 0.4) is 0 Å². The predicted molar refractivity (Wildman–Crippen MR) is 78.4 cm³/mol. The van der Waals surface area contributed by atoms with Crippen molar-refractivity contribution in [3.63, 3.8) is 0 Å². The molecule has 1 aromatic rings. The minimum absolute atomic E-state index is 0.280. The molecule has 0 amide bonds. The van der Waals surface area contributed by atoms with Gasteiger partial charge in [-0.1, -0.05) is 13.8 Å². The summed E-state index contributed by atoms with van der Waals surface area (Å²) >= 11 is 0. The molecular formula is C17H26N2O. The summed E-state index contributed by atoms with van der Waals surface area (Å²) in [5, 5.41) is 3.13. The summed E-state index contributed by atoms with van der Waals surface area (Å²) in [6.45, 7) is 5.75. The molecule has 0 saturated heterocycles. The molecule has 110 valence electrons. The topological polar surface area (TPSA) is 38.1 Å². The molecule has 0 radical (unpaired) electrons. The Hall–Kier alpha value is -0.830. The Labute approximate surface area is 121 Å². The van der Waals surface area contributed by atoms with Crippen LogP contribution in [0.1, 0.15) is 64.0 Å². The highest BCUT2D eigenvalue weighted by Gasteiger charge is 2.61. The minimum Gasteiger partial charge on any atom is -0.444 e. The van der Waals surface area contributed by atoms with Crippen LogP contribution in [-0.2, 0) is 12.0 Å². The molecular weight excluding hydrogens is 248 g/mol. The van der Waals surface area contributed by atoms with Crippen molar-refractivity contribution in [2.24, 2.45) is 16.7 Å². The second-order valence-electron chi connectivity index (χ2n) is 8.56. The fourth-order valence-corrected chi connectivity index (χ4v) is 6.51. The van der Waals surface area contributed by atoms with Gasteiger partial charge in [-0.2, -0.15) is 0 Å². The molecule has 4 fully saturated rings. The molecule has 0 aliphatic heterocycles. The molecule has 4 saturated carbocycles. The van der Waals surface area contributed by atoms with E-state index < -0.39 is 0 Å². The standard InChI is InChI=1S/C17H26N2O/c1-15-4-12-5-16(2,9-15)11-17(6-12,10-15)13-7-19-14(20-13)8-18-3/h7,12,18H,4-6,8-11H2,1-3H3. The largest absolute Gasteiger partial charge is 0.444 e. The average molecular weight is 274 g/mol. The van der Waals surface area contributed by atoms with E-state index in [1.165, 1.54) is 44.3 Å². The predicted octanol–water partition coefficient (Wildman–Crippen LogP) is 3.64. The first kappa shape index (κ1) is 12.9. The van der Waals surface area contributed by atoms with Crippen LogP contribution in [0.15, 0.2) is 10.6 Å². The number of nitrogens with zero attached hydrogens (tertiary/aromatic N) is 1. The summed E-state index contributed by atoms with van der Waals surface area (Å²) in [6, 6.07) is 0. The maximum atomic E-state index is 6.13. The molecule has 0 spiro atoms. The highest BCUT2D eigenvalue weighted by atomic mass is 16.4. The normalized spacial score (nSPS) is 46.0. The quantitative estimate of drug-likeness (QED) is 0.914. The highest BCUT2D eigenvalue weighted by molar-refractivity contribution is 5.23. The molecule has 4 aliphatic carbocycles. The van der Waals surface area contributed by atoms with E-state index in [0.29, 0.717) is 10.8 Å². The Kier molecular flexibility index (Phi) is 2.50. The van der Waals surface area contributed by atoms with Crippen molar-refractivity contribution >= 4 is 0 Å². The molecule has 20 heavy (non-hydrogen) atoms. The number of oxazole rings is 1. The summed E-state index contributed by atoms with van der Waals surface area (Å²) in [5.74, 6) is 2.91. The Bertz CT molecular complexity index is 517. The molecule has 3 nitrogen and oxygen atoms in total. The van der Waals surface area contributed by atoms with Crippen LogP contribution < -0.4 is 5.32 Å². The fourth-order valence-electron chi connectivity index (χ4n) is 6.51. The van der Waals surface area contributed by atoms with Crippen molar-refractivity contribution in [2.75, 3.05) is 7.05 Å². The van der Waals surface area contributed by atoms with E-state index in [0.717, 1.165) is 18.4 Å². The van der Waals surface area contributed by atoms with Gasteiger partial charge in [0.2, 0.25) is 5.89 Å². The lowest BCUT2D eigenvalue weighted by Gasteiger charge is -2.64. The van der Waals surface area contributed by atoms with Gasteiger partial charge in [0.15, 0.2) is 0 Å². The Balaban J connectivity index is 1.72. The van der Waals surface area contributed by atoms with E-state index in [1.807, 2.05) is 13.2 Å². The van der Waals surface area contributed by atoms with Crippen LogP contribution in [0, 0.1) is 16.7 Å². The molecule has 3 heteroatoms. The van der Waals surface area contributed by atoms with Crippen molar-refractivity contribution < 1.29 is 4.42 Å². The molecule has 4 aliphatic rings. The number of nitrogens with one attached hydrogen (secondary N) is 1. The van der Waals surface area contributed by atoms with Gasteiger partial charge in [-0.15, -0.1) is 0 Å². The maximum absolute atomic E-state index is 6.13. The van der Waals surface area contributed by atoms with Crippen molar-refractivity contribution in [3.8, 4) is 0 Å². The lowest BCUT2D eigenvalue weighted by Crippen LogP contribution is -2.56. The smallest absolute Gasteiger partial charge is 0.208 e. The van der Waals surface area contributed by atoms with Gasteiger partial charge in [0.25, 0.3) is 0 Å². The zero-order valence-electron chi connectivity index (χ0n) is 13.0. The zero-order chi connectivity index (χ0) is 14.0. The minimum atomic E-state index is 0.280. The molecule has 1 N–H and O–H groups in total. The van der Waals surface area contributed by atoms with Gasteiger partial charge in [0, 0.05) is 5.41 Å². The molecule has 2 unspecified atom stereocenters. The first-order valence-electron chi connectivity index (χ1n) is 8.04. The van der Waals surface area contributed by atoms with Crippen LogP contribution in [0.4, 0.5) is 0 Å². The molecule has 0 aromatic carbocycles. The monoisotopic (exact) mass is 274 g/mol. The van der Waals surface area contributed by atoms with E-state index in [9.17, 15) is 0 Å². The van der Waals surface area contributed by atoms with Crippen LogP contribution >= 0.6 is 0 Å². The van der Waals surface area contributed by atoms with Gasteiger partial charge in [0.1, 0.15) is 5.76 Å². The molecule has 1 heterocycles. The first-order chi connectivity index (χ1) is 9.44. The summed E-state index contributed by atoms with van der Waals surface area (Å²) in [7, 11) is 1.94. The van der Waals surface area contributed by atoms with Crippen LogP contribution in [0.5, 0.6) is 0 Å². The van der Waals surface area contributed by atoms with Crippen LogP contribution in [0.25, 0.3) is 0 Å². The number of hydrogen-bond donors (Lipinski definition) is 1. The Morgan fingerprint density at radius 3 is 2.50 bits per heavy atom. The fraction of sp³-hybridized carbons (Fsp3) is 0.824. The molecule has 1 aromatic heterocycles. The molecule has 2 atom stereocenters. The van der Waals surface area contributed by atoms with E-state index in [4.69, 9.17) is 4.42 Å². The lowest BCUT2D eigenvalue weighted by atomic mass is 9.40. The van der Waals surface area contributed by atoms with Gasteiger partial charge in [-0.3, -0.25) is 0 Å². The van der Waals surface area contributed by atoms with Gasteiger partial charge < -0.3 is 9.73 Å². The average Bonchev–Trinajstić information content (AvgIpc) is 2.73. The zero-order valence-corrected chi connectivity index (χ0v) is 13.0. The third kappa shape index (κ3) is 1.78. The van der Waals surface area contributed by atoms with Gasteiger partial charge in [-0.05, 0) is 62.3 Å². The number of aromatic nitrogens is 1. The third-order valence-electron chi connectivity index (χ3n) is 6.03. The van der Waals surface area contributed by atoms with Gasteiger partial charge in [-0.25, -0.2) is 4.98 Å². The van der Waals surface area contributed by atoms with Crippen molar-refractivity contribution in [1.29, 1.82) is 0 Å². The Morgan fingerprint density at radius 1 is 1.20 bits per heavy atom. The van der Waals surface area contributed by atoms with E-state index >= 15 is 0 Å². The third-order valence-corrected chi connectivity index (χ3v) is 6.03. The lowest BCUT2D eigenvalue weighted by molar-refractivity contribution is -0.116. The molecule has 4 bridgehead atoms. The number of hydrogen-bond acceptors (Lipinski definition) is 3. The SMILES string of the molecule is CNCc1ncc(C23CC4CC(C)(CC(C)(C4)C2)C3)o1. The van der Waals surface area contributed by atoms with Gasteiger partial charge >= 0.3 is 0 Å². The van der Waals surface area contributed by atoms with Gasteiger partial charge in [0.05, 0.1) is 12.7 Å². The second kappa shape index (κ2) is 3.88. The van der Waals surface area contributed by atoms with E-state index in [1.54, 1.807) is 0 Å². The van der Waals surface area contributed by atoms with E-state index in [2.05, 4.69) is 24.1 Å². The summed E-state index contributed by atoms with van der Waals surface area (Å²) in [5.41, 5.74) is 1.34. The summed E-state index contributed by atoms with van der Waals surface area (Å²) in [6.07, 6.45) is 10.2. The molecule has 5 rings (SSSR count). The van der Waals surface area contributed by atoms with Crippen LogP contribution in [-0.4, -0.2) is 12.0 Å². The summed E-state index contributed by atoms with van der Waals surface area (Å²) in [4.78, 5) is 4.48. The second-order valence-corrected chi connectivity index (χ2v) is 8.56. The summed E-state index contributed by atoms with van der Waals surface area (Å²) < 4.78 is 6.13. The van der Waals surface area contributed by atoms with Crippen LogP contribution in [0.2, 0.25) is 0 Å². The van der Waals surface area contributed by atoms with Crippen molar-refractivity contribution in [3.05, 3.63) is 17.8 Å². The Morgan fingerprint density at radius 2 is 1.90 bits per heavy atom. The highest BCUT2D eigenvalue weighted by Crippen LogP contribution is 2.69. The van der Waals surface area contributed by atoms with E-state index in [-0.39, 0.29) is 5.41 Å². The maximum Gasteiger partial charge on any atom is 0.208 e. The van der Waals surface area contributed by atoms with Crippen molar-refractivity contribution in [1.82, 2.24) is 10.3 Å². The number of rotatable bonds is 3. The first-order valence-corrected chi connectivity index (χ1v) is 8.04. The van der Waals surface area contributed by atoms with Crippen molar-refractivity contribution in [2.45, 2.75) is 64.3 Å².